The molecule has 1 atom stereocenters. The number of halogens is 1. The van der Waals surface area contributed by atoms with Gasteiger partial charge in [0, 0.05) is 0 Å². The van der Waals surface area contributed by atoms with Crippen LogP contribution >= 0.6 is 15.9 Å². The average molecular weight is 363 g/mol. The third-order valence-corrected chi connectivity index (χ3v) is 3.89. The Labute approximate surface area is 139 Å². The molecule has 1 N–H and O–H groups in total. The molecule has 2 aromatic rings. The molecule has 0 aliphatic rings. The molecule has 2 rings (SSSR count). The van der Waals surface area contributed by atoms with Gasteiger partial charge in [-0.3, -0.25) is 4.79 Å². The van der Waals surface area contributed by atoms with Crippen LogP contribution in [0, 0.1) is 5.92 Å². The van der Waals surface area contributed by atoms with E-state index >= 15 is 0 Å². The molecule has 1 amide bonds. The Morgan fingerprint density at radius 1 is 1.18 bits per heavy atom. The van der Waals surface area contributed by atoms with E-state index in [-0.39, 0.29) is 17.7 Å². The first kappa shape index (κ1) is 16.5. The lowest BCUT2D eigenvalue weighted by molar-refractivity contribution is -0.118. The smallest absolute Gasteiger partial charge is 0.232 e. The summed E-state index contributed by atoms with van der Waals surface area (Å²) in [5.41, 5.74) is 1.66. The maximum absolute atomic E-state index is 12.6. The van der Waals surface area contributed by atoms with Crippen molar-refractivity contribution in [3.63, 3.8) is 0 Å². The van der Waals surface area contributed by atoms with Crippen molar-refractivity contribution in [2.45, 2.75) is 19.8 Å². The molecule has 5 heteroatoms. The van der Waals surface area contributed by atoms with E-state index in [1.807, 2.05) is 44.2 Å². The van der Waals surface area contributed by atoms with Crippen molar-refractivity contribution in [3.05, 3.63) is 52.8 Å². The maximum Gasteiger partial charge on any atom is 0.232 e. The topological polar surface area (TPSA) is 51.2 Å². The molecule has 0 aliphatic heterocycles. The van der Waals surface area contributed by atoms with E-state index in [1.165, 1.54) is 0 Å². The predicted molar refractivity (Wildman–Crippen MR) is 91.1 cm³/mol. The zero-order valence-electron chi connectivity index (χ0n) is 12.8. The van der Waals surface area contributed by atoms with Crippen LogP contribution < -0.4 is 10.1 Å². The van der Waals surface area contributed by atoms with E-state index in [9.17, 15) is 4.79 Å². The van der Waals surface area contributed by atoms with Crippen LogP contribution in [0.2, 0.25) is 0 Å². The van der Waals surface area contributed by atoms with Gasteiger partial charge in [0.25, 0.3) is 0 Å². The molecular weight excluding hydrogens is 344 g/mol. The molecular formula is C17H19BrN2O2. The number of hydrogen-bond acceptors (Lipinski definition) is 3. The van der Waals surface area contributed by atoms with Crippen molar-refractivity contribution in [1.29, 1.82) is 0 Å². The maximum atomic E-state index is 12.6. The summed E-state index contributed by atoms with van der Waals surface area (Å²) in [6.07, 6.45) is 1.63. The van der Waals surface area contributed by atoms with Crippen molar-refractivity contribution < 1.29 is 9.53 Å². The fourth-order valence-electron chi connectivity index (χ4n) is 2.32. The molecule has 0 saturated carbocycles. The molecule has 1 aromatic carbocycles. The van der Waals surface area contributed by atoms with Crippen LogP contribution in [0.4, 0.5) is 5.69 Å². The number of hydrogen-bond donors (Lipinski definition) is 1. The van der Waals surface area contributed by atoms with Crippen molar-refractivity contribution >= 4 is 27.5 Å². The fraction of sp³-hybridized carbons (Fsp3) is 0.294. The molecule has 1 aromatic heterocycles. The number of carbonyl (C=O) groups is 1. The predicted octanol–water partition coefficient (Wildman–Crippen LogP) is 4.23. The highest BCUT2D eigenvalue weighted by Gasteiger charge is 2.24. The number of benzene rings is 1. The number of nitrogens with one attached hydrogen (secondary N) is 1. The monoisotopic (exact) mass is 362 g/mol. The lowest BCUT2D eigenvalue weighted by Crippen LogP contribution is -2.25. The summed E-state index contributed by atoms with van der Waals surface area (Å²) >= 11 is 3.28. The van der Waals surface area contributed by atoms with E-state index in [1.54, 1.807) is 19.4 Å². The Morgan fingerprint density at radius 3 is 2.36 bits per heavy atom. The number of ether oxygens (including phenoxy) is 1. The molecule has 4 nitrogen and oxygen atoms in total. The third-order valence-electron chi connectivity index (χ3n) is 3.42. The normalized spacial score (nSPS) is 12.0. The molecule has 1 heterocycles. The molecule has 22 heavy (non-hydrogen) atoms. The van der Waals surface area contributed by atoms with Crippen molar-refractivity contribution in [1.82, 2.24) is 4.98 Å². The Morgan fingerprint density at radius 2 is 1.86 bits per heavy atom. The van der Waals surface area contributed by atoms with Gasteiger partial charge in [-0.15, -0.1) is 0 Å². The second-order valence-electron chi connectivity index (χ2n) is 5.35. The highest BCUT2D eigenvalue weighted by molar-refractivity contribution is 9.10. The number of carbonyl (C=O) groups excluding carboxylic acids is 1. The van der Waals surface area contributed by atoms with Crippen LogP contribution in [0.15, 0.2) is 47.2 Å². The Bertz CT molecular complexity index is 624. The second-order valence-corrected chi connectivity index (χ2v) is 6.17. The van der Waals surface area contributed by atoms with Crippen molar-refractivity contribution in [2.75, 3.05) is 12.4 Å². The molecule has 1 unspecified atom stereocenters. The first-order chi connectivity index (χ1) is 10.5. The van der Waals surface area contributed by atoms with Crippen LogP contribution in [0.1, 0.15) is 25.3 Å². The summed E-state index contributed by atoms with van der Waals surface area (Å²) in [4.78, 5) is 16.7. The molecule has 0 radical (unpaired) electrons. The van der Waals surface area contributed by atoms with Gasteiger partial charge in [-0.2, -0.15) is 0 Å². The minimum absolute atomic E-state index is 0.0377. The number of anilines is 1. The number of rotatable bonds is 5. The molecule has 0 spiro atoms. The van der Waals surface area contributed by atoms with Gasteiger partial charge in [0.05, 0.1) is 24.9 Å². The highest BCUT2D eigenvalue weighted by atomic mass is 79.9. The quantitative estimate of drug-likeness (QED) is 0.809. The summed E-state index contributed by atoms with van der Waals surface area (Å²) < 4.78 is 5.90. The molecule has 0 aliphatic carbocycles. The number of aromatic nitrogens is 1. The summed E-state index contributed by atoms with van der Waals surface area (Å²) in [6, 6.07) is 11.2. The Hall–Kier alpha value is -1.88. The minimum atomic E-state index is -0.227. The van der Waals surface area contributed by atoms with Gasteiger partial charge in [0.15, 0.2) is 0 Å². The number of methoxy groups -OCH3 is 1. The van der Waals surface area contributed by atoms with Crippen LogP contribution in [-0.2, 0) is 4.79 Å². The van der Waals surface area contributed by atoms with Gasteiger partial charge in [-0.05, 0) is 51.7 Å². The largest absolute Gasteiger partial charge is 0.497 e. The lowest BCUT2D eigenvalue weighted by atomic mass is 9.87. The first-order valence-electron chi connectivity index (χ1n) is 7.07. The van der Waals surface area contributed by atoms with Crippen molar-refractivity contribution in [2.24, 2.45) is 5.92 Å². The van der Waals surface area contributed by atoms with Gasteiger partial charge in [-0.1, -0.05) is 26.0 Å². The van der Waals surface area contributed by atoms with Gasteiger partial charge < -0.3 is 10.1 Å². The van der Waals surface area contributed by atoms with Crippen molar-refractivity contribution in [3.8, 4) is 5.75 Å². The SMILES string of the molecule is COc1ccc(C(C(=O)Nc2ccc(Br)nc2)C(C)C)cc1. The summed E-state index contributed by atoms with van der Waals surface area (Å²) in [6.45, 7) is 4.07. The summed E-state index contributed by atoms with van der Waals surface area (Å²) in [7, 11) is 1.63. The Balaban J connectivity index is 2.19. The van der Waals surface area contributed by atoms with Gasteiger partial charge >= 0.3 is 0 Å². The fourth-order valence-corrected chi connectivity index (χ4v) is 2.55. The van der Waals surface area contributed by atoms with E-state index in [0.717, 1.165) is 15.9 Å². The third kappa shape index (κ3) is 4.07. The Kier molecular flexibility index (Phi) is 5.55. The molecule has 0 saturated heterocycles. The number of pyridine rings is 1. The molecule has 0 fully saturated rings. The van der Waals surface area contributed by atoms with E-state index in [2.05, 4.69) is 26.2 Å². The van der Waals surface area contributed by atoms with E-state index in [0.29, 0.717) is 5.69 Å². The molecule has 0 bridgehead atoms. The number of amides is 1. The van der Waals surface area contributed by atoms with Crippen LogP contribution in [-0.4, -0.2) is 18.0 Å². The summed E-state index contributed by atoms with van der Waals surface area (Å²) in [5, 5.41) is 2.92. The zero-order valence-corrected chi connectivity index (χ0v) is 14.4. The van der Waals surface area contributed by atoms with Gasteiger partial charge in [0.1, 0.15) is 10.4 Å². The standard InChI is InChI=1S/C17H19BrN2O2/c1-11(2)16(12-4-7-14(22-3)8-5-12)17(21)20-13-6-9-15(18)19-10-13/h4-11,16H,1-3H3,(H,20,21). The first-order valence-corrected chi connectivity index (χ1v) is 7.87. The minimum Gasteiger partial charge on any atom is -0.497 e. The highest BCUT2D eigenvalue weighted by Crippen LogP contribution is 2.27. The number of nitrogens with zero attached hydrogens (tertiary/aromatic N) is 1. The average Bonchev–Trinajstić information content (AvgIpc) is 2.50. The second kappa shape index (κ2) is 7.40. The van der Waals surface area contributed by atoms with Crippen LogP contribution in [0.25, 0.3) is 0 Å². The van der Waals surface area contributed by atoms with Crippen LogP contribution in [0.3, 0.4) is 0 Å². The van der Waals surface area contributed by atoms with Gasteiger partial charge in [-0.25, -0.2) is 4.98 Å². The molecule has 116 valence electrons. The lowest BCUT2D eigenvalue weighted by Gasteiger charge is -2.21. The zero-order chi connectivity index (χ0) is 16.1. The summed E-state index contributed by atoms with van der Waals surface area (Å²) in [5.74, 6) is 0.694. The van der Waals surface area contributed by atoms with E-state index in [4.69, 9.17) is 4.74 Å². The van der Waals surface area contributed by atoms with E-state index < -0.39 is 0 Å². The van der Waals surface area contributed by atoms with Gasteiger partial charge in [0.2, 0.25) is 5.91 Å². The van der Waals surface area contributed by atoms with Crippen LogP contribution in [0.5, 0.6) is 5.75 Å².